The number of unbranched alkanes of at least 4 members (excludes halogenated alkanes) is 1. The van der Waals surface area contributed by atoms with Gasteiger partial charge in [0.25, 0.3) is 5.19 Å². The predicted molar refractivity (Wildman–Crippen MR) is 73.3 cm³/mol. The van der Waals surface area contributed by atoms with Gasteiger partial charge in [0.2, 0.25) is 0 Å². The van der Waals surface area contributed by atoms with E-state index in [-0.39, 0.29) is 4.88 Å². The van der Waals surface area contributed by atoms with Gasteiger partial charge in [-0.3, -0.25) is 0 Å². The van der Waals surface area contributed by atoms with Gasteiger partial charge < -0.3 is 14.4 Å². The quantitative estimate of drug-likeness (QED) is 0.845. The van der Waals surface area contributed by atoms with Gasteiger partial charge in [0, 0.05) is 0 Å². The van der Waals surface area contributed by atoms with E-state index in [1.807, 2.05) is 6.92 Å². The number of ether oxygens (including phenoxy) is 1. The second-order valence-electron chi connectivity index (χ2n) is 4.35. The van der Waals surface area contributed by atoms with Crippen LogP contribution in [-0.4, -0.2) is 21.2 Å². The van der Waals surface area contributed by atoms with Crippen LogP contribution < -0.4 is 4.74 Å². The molecule has 0 radical (unpaired) electrons. The molecule has 2 rings (SSSR count). The second kappa shape index (κ2) is 6.51. The van der Waals surface area contributed by atoms with Crippen molar-refractivity contribution in [1.82, 2.24) is 10.1 Å². The van der Waals surface area contributed by atoms with Crippen molar-refractivity contribution in [3.8, 4) is 5.19 Å². The molecule has 0 amide bonds. The van der Waals surface area contributed by atoms with Gasteiger partial charge in [0.05, 0.1) is 17.5 Å². The van der Waals surface area contributed by atoms with Crippen LogP contribution in [-0.2, 0) is 13.0 Å². The highest BCUT2D eigenvalue weighted by Crippen LogP contribution is 2.23. The molecule has 0 aliphatic rings. The van der Waals surface area contributed by atoms with E-state index < -0.39 is 5.97 Å². The number of rotatable bonds is 7. The van der Waals surface area contributed by atoms with Crippen LogP contribution in [0, 0.1) is 6.92 Å². The van der Waals surface area contributed by atoms with Gasteiger partial charge >= 0.3 is 5.97 Å². The topological polar surface area (TPSA) is 85.5 Å². The lowest BCUT2D eigenvalue weighted by molar-refractivity contribution is 0.0702. The van der Waals surface area contributed by atoms with Crippen molar-refractivity contribution < 1.29 is 19.2 Å². The minimum absolute atomic E-state index is 0.160. The van der Waals surface area contributed by atoms with Crippen LogP contribution in [0.25, 0.3) is 0 Å². The highest BCUT2D eigenvalue weighted by Gasteiger charge is 2.15. The summed E-state index contributed by atoms with van der Waals surface area (Å²) in [5.41, 5.74) is 1.82. The first-order chi connectivity index (χ1) is 9.61. The fourth-order valence-corrected chi connectivity index (χ4v) is 2.32. The molecule has 0 aliphatic carbocycles. The Morgan fingerprint density at radius 1 is 1.55 bits per heavy atom. The Labute approximate surface area is 120 Å². The molecule has 0 unspecified atom stereocenters. The third-order valence-corrected chi connectivity index (χ3v) is 3.77. The molecule has 0 fully saturated rings. The largest absolute Gasteiger partial charge is 0.477 e. The maximum absolute atomic E-state index is 10.8. The smallest absolute Gasteiger partial charge is 0.347 e. The van der Waals surface area contributed by atoms with Gasteiger partial charge in [-0.25, -0.2) is 9.78 Å². The standard InChI is InChI=1S/C13H16N2O4S/c1-3-4-5-10-9(8(2)19-15-10)7-18-13-14-6-11(20-13)12(16)17/h6H,3-5,7H2,1-2H3,(H,16,17). The zero-order chi connectivity index (χ0) is 14.5. The van der Waals surface area contributed by atoms with Gasteiger partial charge in [-0.1, -0.05) is 29.8 Å². The molecule has 20 heavy (non-hydrogen) atoms. The van der Waals surface area contributed by atoms with Crippen LogP contribution in [0.1, 0.15) is 46.5 Å². The zero-order valence-corrected chi connectivity index (χ0v) is 12.2. The monoisotopic (exact) mass is 296 g/mol. The lowest BCUT2D eigenvalue weighted by Gasteiger charge is -2.03. The first-order valence-corrected chi connectivity index (χ1v) is 7.19. The van der Waals surface area contributed by atoms with Gasteiger partial charge in [0.1, 0.15) is 17.2 Å². The number of thiazole rings is 1. The summed E-state index contributed by atoms with van der Waals surface area (Å²) in [4.78, 5) is 14.8. The number of aromatic carboxylic acids is 1. The lowest BCUT2D eigenvalue weighted by atomic mass is 10.1. The summed E-state index contributed by atoms with van der Waals surface area (Å²) < 4.78 is 10.7. The van der Waals surface area contributed by atoms with Gasteiger partial charge in [-0.2, -0.15) is 0 Å². The van der Waals surface area contributed by atoms with Crippen molar-refractivity contribution in [2.24, 2.45) is 0 Å². The molecule has 2 heterocycles. The van der Waals surface area contributed by atoms with Crippen molar-refractivity contribution in [3.63, 3.8) is 0 Å². The van der Waals surface area contributed by atoms with E-state index in [1.54, 1.807) is 0 Å². The number of aromatic nitrogens is 2. The first-order valence-electron chi connectivity index (χ1n) is 6.37. The molecule has 1 N–H and O–H groups in total. The first kappa shape index (κ1) is 14.5. The van der Waals surface area contributed by atoms with Gasteiger partial charge in [-0.05, 0) is 19.8 Å². The van der Waals surface area contributed by atoms with Crippen LogP contribution >= 0.6 is 11.3 Å². The number of hydrogen-bond acceptors (Lipinski definition) is 6. The number of nitrogens with zero attached hydrogens (tertiary/aromatic N) is 2. The highest BCUT2D eigenvalue weighted by atomic mass is 32.1. The van der Waals surface area contributed by atoms with Crippen LogP contribution in [0.15, 0.2) is 10.7 Å². The zero-order valence-electron chi connectivity index (χ0n) is 11.4. The molecule has 2 aromatic rings. The molecule has 0 saturated heterocycles. The third-order valence-electron chi connectivity index (χ3n) is 2.87. The normalized spacial score (nSPS) is 10.7. The fourth-order valence-electron chi connectivity index (χ4n) is 1.72. The summed E-state index contributed by atoms with van der Waals surface area (Å²) >= 11 is 1.01. The van der Waals surface area contributed by atoms with Crippen LogP contribution in [0.4, 0.5) is 0 Å². The maximum atomic E-state index is 10.8. The summed E-state index contributed by atoms with van der Waals surface area (Å²) in [5, 5.41) is 13.2. The molecule has 0 aromatic carbocycles. The van der Waals surface area contributed by atoms with E-state index in [4.69, 9.17) is 14.4 Å². The molecule has 6 nitrogen and oxygen atoms in total. The van der Waals surface area contributed by atoms with Gasteiger partial charge in [-0.15, -0.1) is 0 Å². The lowest BCUT2D eigenvalue weighted by Crippen LogP contribution is -2.00. The molecule has 7 heteroatoms. The number of carbonyl (C=O) groups is 1. The average molecular weight is 296 g/mol. The summed E-state index contributed by atoms with van der Waals surface area (Å²) in [7, 11) is 0. The van der Waals surface area contributed by atoms with Gasteiger partial charge in [0.15, 0.2) is 0 Å². The van der Waals surface area contributed by atoms with E-state index in [9.17, 15) is 4.79 Å². The number of aryl methyl sites for hydroxylation is 2. The van der Waals surface area contributed by atoms with E-state index in [0.717, 1.165) is 47.6 Å². The minimum atomic E-state index is -0.998. The number of carboxylic acid groups (broad SMARTS) is 1. The summed E-state index contributed by atoms with van der Waals surface area (Å²) in [5.74, 6) is -0.270. The predicted octanol–water partition coefficient (Wildman–Crippen LogP) is 3.06. The highest BCUT2D eigenvalue weighted by molar-refractivity contribution is 7.15. The molecular weight excluding hydrogens is 280 g/mol. The Morgan fingerprint density at radius 3 is 3.00 bits per heavy atom. The number of hydrogen-bond donors (Lipinski definition) is 1. The summed E-state index contributed by atoms with van der Waals surface area (Å²) in [6, 6.07) is 0. The van der Waals surface area contributed by atoms with Crippen LogP contribution in [0.2, 0.25) is 0 Å². The molecule has 0 aliphatic heterocycles. The number of carboxylic acids is 1. The van der Waals surface area contributed by atoms with E-state index in [1.165, 1.54) is 6.20 Å². The van der Waals surface area contributed by atoms with Crippen LogP contribution in [0.5, 0.6) is 5.19 Å². The van der Waals surface area contributed by atoms with Crippen molar-refractivity contribution in [1.29, 1.82) is 0 Å². The van der Waals surface area contributed by atoms with E-state index >= 15 is 0 Å². The fraction of sp³-hybridized carbons (Fsp3) is 0.462. The molecule has 0 bridgehead atoms. The van der Waals surface area contributed by atoms with E-state index in [0.29, 0.717) is 11.8 Å². The van der Waals surface area contributed by atoms with Crippen molar-refractivity contribution in [3.05, 3.63) is 28.1 Å². The van der Waals surface area contributed by atoms with Crippen LogP contribution in [0.3, 0.4) is 0 Å². The Hall–Kier alpha value is -1.89. The Bertz CT molecular complexity index is 591. The van der Waals surface area contributed by atoms with Crippen molar-refractivity contribution >= 4 is 17.3 Å². The van der Waals surface area contributed by atoms with Crippen molar-refractivity contribution in [2.45, 2.75) is 39.7 Å². The summed E-state index contributed by atoms with van der Waals surface area (Å²) in [6.45, 7) is 4.25. The molecule has 2 aromatic heterocycles. The second-order valence-corrected chi connectivity index (χ2v) is 5.34. The SMILES string of the molecule is CCCCc1noc(C)c1COc1ncc(C(=O)O)s1. The molecule has 0 atom stereocenters. The minimum Gasteiger partial charge on any atom is -0.477 e. The molecular formula is C13H16N2O4S. The Balaban J connectivity index is 2.02. The Kier molecular flexibility index (Phi) is 4.73. The molecule has 0 spiro atoms. The third kappa shape index (κ3) is 3.36. The van der Waals surface area contributed by atoms with Crippen molar-refractivity contribution in [2.75, 3.05) is 0 Å². The average Bonchev–Trinajstić information content (AvgIpc) is 3.01. The summed E-state index contributed by atoms with van der Waals surface area (Å²) in [6.07, 6.45) is 4.27. The van der Waals surface area contributed by atoms with E-state index in [2.05, 4.69) is 17.1 Å². The Morgan fingerprint density at radius 2 is 2.35 bits per heavy atom. The molecule has 0 saturated carbocycles. The molecule has 108 valence electrons. The maximum Gasteiger partial charge on any atom is 0.347 e.